The summed E-state index contributed by atoms with van der Waals surface area (Å²) in [6, 6.07) is 8.00. The number of hydrogen-bond acceptors (Lipinski definition) is 2. The molecule has 1 fully saturated rings. The summed E-state index contributed by atoms with van der Waals surface area (Å²) in [5, 5.41) is 13.2. The third-order valence-electron chi connectivity index (χ3n) is 3.93. The summed E-state index contributed by atoms with van der Waals surface area (Å²) in [6.07, 6.45) is 6.11. The molecule has 1 aliphatic carbocycles. The van der Waals surface area contributed by atoms with Crippen LogP contribution in [0.5, 0.6) is 0 Å². The van der Waals surface area contributed by atoms with Crippen LogP contribution in [0, 0.1) is 0 Å². The van der Waals surface area contributed by atoms with Gasteiger partial charge in [0, 0.05) is 17.4 Å². The molecular weight excluding hydrogens is 318 g/mol. The summed E-state index contributed by atoms with van der Waals surface area (Å²) < 4.78 is 1.03. The van der Waals surface area contributed by atoms with Crippen molar-refractivity contribution < 1.29 is 9.90 Å². The predicted molar refractivity (Wildman–Crippen MR) is 83.5 cm³/mol. The van der Waals surface area contributed by atoms with Crippen LogP contribution in [0.2, 0.25) is 0 Å². The first kappa shape index (κ1) is 15.5. The Morgan fingerprint density at radius 1 is 1.30 bits per heavy atom. The molecule has 3 nitrogen and oxygen atoms in total. The highest BCUT2D eigenvalue weighted by Crippen LogP contribution is 2.27. The van der Waals surface area contributed by atoms with Gasteiger partial charge in [-0.2, -0.15) is 0 Å². The molecule has 1 aliphatic rings. The van der Waals surface area contributed by atoms with Gasteiger partial charge in [-0.25, -0.2) is 0 Å². The first-order chi connectivity index (χ1) is 9.57. The van der Waals surface area contributed by atoms with Crippen molar-refractivity contribution in [3.8, 4) is 0 Å². The number of rotatable bonds is 5. The number of hydrogen-bond donors (Lipinski definition) is 2. The Hall–Kier alpha value is -0.870. The summed E-state index contributed by atoms with van der Waals surface area (Å²) >= 11 is 3.43. The summed E-state index contributed by atoms with van der Waals surface area (Å²) in [7, 11) is 0. The molecule has 0 heterocycles. The number of benzene rings is 1. The highest BCUT2D eigenvalue weighted by molar-refractivity contribution is 9.10. The first-order valence-electron chi connectivity index (χ1n) is 7.31. The number of carbonyl (C=O) groups excluding carboxylic acids is 1. The minimum Gasteiger partial charge on any atom is -0.388 e. The maximum Gasteiger partial charge on any atom is 0.220 e. The third kappa shape index (κ3) is 4.91. The molecule has 1 aromatic carbocycles. The van der Waals surface area contributed by atoms with Crippen molar-refractivity contribution in [3.63, 3.8) is 0 Å². The van der Waals surface area contributed by atoms with E-state index in [0.29, 0.717) is 13.0 Å². The molecule has 1 aromatic rings. The van der Waals surface area contributed by atoms with Crippen molar-refractivity contribution in [2.75, 3.05) is 6.54 Å². The van der Waals surface area contributed by atoms with Crippen LogP contribution < -0.4 is 5.32 Å². The normalized spacial score (nSPS) is 17.7. The number of aryl methyl sites for hydroxylation is 1. The highest BCUT2D eigenvalue weighted by atomic mass is 79.9. The molecule has 20 heavy (non-hydrogen) atoms. The molecule has 0 aromatic heterocycles. The van der Waals surface area contributed by atoms with E-state index in [9.17, 15) is 9.90 Å². The van der Waals surface area contributed by atoms with Crippen molar-refractivity contribution in [1.82, 2.24) is 5.32 Å². The summed E-state index contributed by atoms with van der Waals surface area (Å²) in [5.41, 5.74) is 0.467. The molecule has 0 bridgehead atoms. The summed E-state index contributed by atoms with van der Waals surface area (Å²) in [5.74, 6) is 0.0176. The second-order valence-corrected chi connectivity index (χ2v) is 6.61. The van der Waals surface area contributed by atoms with E-state index in [-0.39, 0.29) is 5.91 Å². The fourth-order valence-corrected chi connectivity index (χ4v) is 3.14. The van der Waals surface area contributed by atoms with Gasteiger partial charge in [-0.3, -0.25) is 4.79 Å². The second kappa shape index (κ2) is 7.23. The van der Waals surface area contributed by atoms with Gasteiger partial charge in [-0.05, 0) is 37.0 Å². The quantitative estimate of drug-likeness (QED) is 0.865. The molecule has 1 saturated carbocycles. The smallest absolute Gasteiger partial charge is 0.220 e. The van der Waals surface area contributed by atoms with Crippen molar-refractivity contribution in [1.29, 1.82) is 0 Å². The molecule has 0 aliphatic heterocycles. The Balaban J connectivity index is 1.72. The molecule has 4 heteroatoms. The molecule has 1 amide bonds. The van der Waals surface area contributed by atoms with Gasteiger partial charge < -0.3 is 10.4 Å². The lowest BCUT2D eigenvalue weighted by atomic mass is 9.85. The Kier molecular flexibility index (Phi) is 5.61. The first-order valence-corrected chi connectivity index (χ1v) is 8.10. The maximum absolute atomic E-state index is 11.9. The molecule has 0 radical (unpaired) electrons. The Labute approximate surface area is 128 Å². The monoisotopic (exact) mass is 339 g/mol. The van der Waals surface area contributed by atoms with Gasteiger partial charge in [0.05, 0.1) is 5.60 Å². The fourth-order valence-electron chi connectivity index (χ4n) is 2.69. The summed E-state index contributed by atoms with van der Waals surface area (Å²) in [4.78, 5) is 11.9. The Morgan fingerprint density at radius 3 is 2.75 bits per heavy atom. The summed E-state index contributed by atoms with van der Waals surface area (Å²) in [6.45, 7) is 0.393. The molecule has 0 unspecified atom stereocenters. The highest BCUT2D eigenvalue weighted by Gasteiger charge is 2.29. The topological polar surface area (TPSA) is 49.3 Å². The van der Waals surface area contributed by atoms with Gasteiger partial charge in [0.2, 0.25) is 5.91 Å². The van der Waals surface area contributed by atoms with Crippen molar-refractivity contribution in [2.45, 2.75) is 50.5 Å². The third-order valence-corrected chi connectivity index (χ3v) is 4.42. The van der Waals surface area contributed by atoms with Crippen LogP contribution in [0.3, 0.4) is 0 Å². The largest absolute Gasteiger partial charge is 0.388 e. The fraction of sp³-hybridized carbons (Fsp3) is 0.562. The number of aliphatic hydroxyl groups is 1. The van der Waals surface area contributed by atoms with E-state index >= 15 is 0 Å². The van der Waals surface area contributed by atoms with Crippen molar-refractivity contribution in [2.24, 2.45) is 0 Å². The molecule has 0 atom stereocenters. The van der Waals surface area contributed by atoms with Crippen LogP contribution in [-0.4, -0.2) is 23.2 Å². The van der Waals surface area contributed by atoms with Gasteiger partial charge in [0.25, 0.3) is 0 Å². The molecule has 0 spiro atoms. The van der Waals surface area contributed by atoms with E-state index in [4.69, 9.17) is 0 Å². The van der Waals surface area contributed by atoms with E-state index in [1.807, 2.05) is 24.3 Å². The average molecular weight is 340 g/mol. The molecule has 110 valence electrons. The van der Waals surface area contributed by atoms with Crippen LogP contribution in [0.4, 0.5) is 0 Å². The molecule has 2 N–H and O–H groups in total. The van der Waals surface area contributed by atoms with Gasteiger partial charge in [0.15, 0.2) is 0 Å². The second-order valence-electron chi connectivity index (χ2n) is 5.69. The number of carbonyl (C=O) groups is 1. The zero-order valence-electron chi connectivity index (χ0n) is 11.7. The lowest BCUT2D eigenvalue weighted by Gasteiger charge is -2.32. The van der Waals surface area contributed by atoms with Gasteiger partial charge >= 0.3 is 0 Å². The standard InChI is InChI=1S/C16H22BrNO2/c17-14-6-4-5-13(11-14)7-8-15(19)18-12-16(20)9-2-1-3-10-16/h4-6,11,20H,1-3,7-10,12H2,(H,18,19). The zero-order chi connectivity index (χ0) is 14.4. The average Bonchev–Trinajstić information content (AvgIpc) is 2.44. The van der Waals surface area contributed by atoms with Crippen molar-refractivity contribution in [3.05, 3.63) is 34.3 Å². The van der Waals surface area contributed by atoms with E-state index in [2.05, 4.69) is 21.2 Å². The maximum atomic E-state index is 11.9. The lowest BCUT2D eigenvalue weighted by molar-refractivity contribution is -0.122. The Bertz CT molecular complexity index is 456. The van der Waals surface area contributed by atoms with Crippen LogP contribution >= 0.6 is 15.9 Å². The van der Waals surface area contributed by atoms with Crippen LogP contribution in [0.15, 0.2) is 28.7 Å². The molecule has 0 saturated heterocycles. The minimum absolute atomic E-state index is 0.0176. The van der Waals surface area contributed by atoms with E-state index in [1.165, 1.54) is 6.42 Å². The van der Waals surface area contributed by atoms with Gasteiger partial charge in [-0.1, -0.05) is 47.3 Å². The van der Waals surface area contributed by atoms with Crippen LogP contribution in [0.25, 0.3) is 0 Å². The number of nitrogens with one attached hydrogen (secondary N) is 1. The lowest BCUT2D eigenvalue weighted by Crippen LogP contribution is -2.44. The van der Waals surface area contributed by atoms with E-state index in [0.717, 1.165) is 42.1 Å². The number of amides is 1. The van der Waals surface area contributed by atoms with Gasteiger partial charge in [0.1, 0.15) is 0 Å². The predicted octanol–water partition coefficient (Wildman–Crippen LogP) is 3.19. The Morgan fingerprint density at radius 2 is 2.05 bits per heavy atom. The van der Waals surface area contributed by atoms with Crippen LogP contribution in [-0.2, 0) is 11.2 Å². The van der Waals surface area contributed by atoms with Crippen LogP contribution in [0.1, 0.15) is 44.1 Å². The van der Waals surface area contributed by atoms with Gasteiger partial charge in [-0.15, -0.1) is 0 Å². The van der Waals surface area contributed by atoms with Crippen molar-refractivity contribution >= 4 is 21.8 Å². The minimum atomic E-state index is -0.677. The number of halogens is 1. The SMILES string of the molecule is O=C(CCc1cccc(Br)c1)NCC1(O)CCCCC1. The van der Waals surface area contributed by atoms with E-state index < -0.39 is 5.60 Å². The molecule has 2 rings (SSSR count). The molecular formula is C16H22BrNO2. The zero-order valence-corrected chi connectivity index (χ0v) is 13.3. The van der Waals surface area contributed by atoms with E-state index in [1.54, 1.807) is 0 Å².